The van der Waals surface area contributed by atoms with E-state index in [9.17, 15) is 9.90 Å². The molecule has 4 aliphatic heterocycles. The van der Waals surface area contributed by atoms with E-state index in [2.05, 4.69) is 44.7 Å². The van der Waals surface area contributed by atoms with Crippen molar-refractivity contribution in [2.45, 2.75) is 108 Å². The number of carbonyl (C=O) groups excluding carboxylic acids is 1. The molecule has 1 fully saturated rings. The second kappa shape index (κ2) is 13.0. The van der Waals surface area contributed by atoms with Crippen molar-refractivity contribution in [1.82, 2.24) is 0 Å². The normalized spacial score (nSPS) is 39.5. The van der Waals surface area contributed by atoms with Gasteiger partial charge in [0.05, 0.1) is 37.1 Å². The highest BCUT2D eigenvalue weighted by molar-refractivity contribution is 5.82. The van der Waals surface area contributed by atoms with E-state index in [1.165, 1.54) is 11.6 Å². The van der Waals surface area contributed by atoms with Crippen LogP contribution in [-0.2, 0) is 23.7 Å². The zero-order chi connectivity index (χ0) is 25.5. The lowest BCUT2D eigenvalue weighted by Gasteiger charge is -2.28. The molecular formula is C30H42O6. The van der Waals surface area contributed by atoms with Crippen LogP contribution >= 0.6 is 0 Å². The smallest absolute Gasteiger partial charge is 0.330 e. The number of rotatable bonds is 3. The van der Waals surface area contributed by atoms with Crippen molar-refractivity contribution in [3.05, 3.63) is 60.3 Å². The number of aliphatic hydroxyl groups is 1. The summed E-state index contributed by atoms with van der Waals surface area (Å²) in [4.78, 5) is 12.6. The van der Waals surface area contributed by atoms with E-state index in [4.69, 9.17) is 18.9 Å². The van der Waals surface area contributed by atoms with Gasteiger partial charge in [0.2, 0.25) is 0 Å². The minimum absolute atomic E-state index is 0.0312. The Labute approximate surface area is 215 Å². The van der Waals surface area contributed by atoms with Crippen molar-refractivity contribution in [3.8, 4) is 0 Å². The predicted molar refractivity (Wildman–Crippen MR) is 139 cm³/mol. The van der Waals surface area contributed by atoms with Crippen LogP contribution in [0.25, 0.3) is 0 Å². The first-order valence-corrected chi connectivity index (χ1v) is 13.5. The van der Waals surface area contributed by atoms with Gasteiger partial charge in [0.25, 0.3) is 0 Å². The van der Waals surface area contributed by atoms with Gasteiger partial charge in [-0.05, 0) is 51.4 Å². The van der Waals surface area contributed by atoms with Gasteiger partial charge in [-0.3, -0.25) is 0 Å². The third-order valence-electron chi connectivity index (χ3n) is 7.33. The predicted octanol–water partition coefficient (Wildman–Crippen LogP) is 5.13. The van der Waals surface area contributed by atoms with Crippen LogP contribution in [0.1, 0.15) is 65.2 Å². The minimum Gasteiger partial charge on any atom is -0.459 e. The number of hydrogen-bond acceptors (Lipinski definition) is 6. The fourth-order valence-corrected chi connectivity index (χ4v) is 5.45. The van der Waals surface area contributed by atoms with E-state index >= 15 is 0 Å². The summed E-state index contributed by atoms with van der Waals surface area (Å²) in [6.07, 6.45) is 18.6. The van der Waals surface area contributed by atoms with E-state index in [1.807, 2.05) is 12.2 Å². The van der Waals surface area contributed by atoms with Crippen LogP contribution in [0.3, 0.4) is 0 Å². The zero-order valence-corrected chi connectivity index (χ0v) is 21.7. The lowest BCUT2D eigenvalue weighted by atomic mass is 9.91. The molecule has 4 rings (SSSR count). The molecule has 0 aliphatic carbocycles. The fraction of sp³-hybridized carbons (Fsp3) is 0.633. The number of aliphatic hydroxyl groups excluding tert-OH is 1. The van der Waals surface area contributed by atoms with Gasteiger partial charge >= 0.3 is 5.97 Å². The summed E-state index contributed by atoms with van der Waals surface area (Å²) in [5.74, 6) is 0.0593. The third-order valence-corrected chi connectivity index (χ3v) is 7.33. The lowest BCUT2D eigenvalue weighted by molar-refractivity contribution is -0.143. The Morgan fingerprint density at radius 2 is 2.00 bits per heavy atom. The molecule has 2 bridgehead atoms. The van der Waals surface area contributed by atoms with Crippen LogP contribution in [-0.4, -0.2) is 60.4 Å². The first-order chi connectivity index (χ1) is 17.4. The molecule has 0 aromatic rings. The number of carbonyl (C=O) groups is 1. The van der Waals surface area contributed by atoms with Gasteiger partial charge in [0, 0.05) is 18.9 Å². The molecule has 0 radical (unpaired) electrons. The Morgan fingerprint density at radius 3 is 2.83 bits per heavy atom. The maximum Gasteiger partial charge on any atom is 0.330 e. The Hall–Kier alpha value is -1.99. The second-order valence-electron chi connectivity index (χ2n) is 10.9. The van der Waals surface area contributed by atoms with Gasteiger partial charge in [0.1, 0.15) is 12.2 Å². The Morgan fingerprint density at radius 1 is 1.14 bits per heavy atom. The highest BCUT2D eigenvalue weighted by Crippen LogP contribution is 2.34. The number of hydrogen-bond donors (Lipinski definition) is 1. The van der Waals surface area contributed by atoms with Crippen molar-refractivity contribution < 1.29 is 28.8 Å². The van der Waals surface area contributed by atoms with Gasteiger partial charge in [-0.1, -0.05) is 61.1 Å². The van der Waals surface area contributed by atoms with E-state index < -0.39 is 6.10 Å². The molecular weight excluding hydrogens is 456 g/mol. The van der Waals surface area contributed by atoms with Crippen LogP contribution in [0.2, 0.25) is 0 Å². The molecule has 0 amide bonds. The van der Waals surface area contributed by atoms with Crippen LogP contribution in [0.4, 0.5) is 0 Å². The number of esters is 1. The van der Waals surface area contributed by atoms with Crippen LogP contribution in [0, 0.1) is 5.92 Å². The number of ether oxygens (including phenoxy) is 4. The van der Waals surface area contributed by atoms with Crippen molar-refractivity contribution in [1.29, 1.82) is 0 Å². The van der Waals surface area contributed by atoms with Crippen LogP contribution in [0.5, 0.6) is 0 Å². The highest BCUT2D eigenvalue weighted by Gasteiger charge is 2.45. The van der Waals surface area contributed by atoms with Crippen molar-refractivity contribution in [3.63, 3.8) is 0 Å². The number of fused-ring (bicyclic) bond motifs is 3. The standard InChI is InChI=1S/C30H42O6/c1-20-13-14-33-24(16-20)9-5-11-26-19-28-30(36-28)27(31)18-22(3)15-21(2)17-25-10-4-7-23(34-25)8-6-12-29(32)35-26/h4-7,9,12-13,21,23-28,30-31H,3,8,10-11,14-19H2,1-2H3/b9-5+,12-6-/t21-,23-,24+,25-,26+,27-,28-,30?/m0/s1. The van der Waals surface area contributed by atoms with Crippen molar-refractivity contribution >= 4 is 5.97 Å². The first-order valence-electron chi connectivity index (χ1n) is 13.5. The molecule has 1 N–H and O–H groups in total. The minimum atomic E-state index is -0.594. The first kappa shape index (κ1) is 27.1. The Balaban J connectivity index is 1.40. The summed E-state index contributed by atoms with van der Waals surface area (Å²) in [6.45, 7) is 9.18. The maximum atomic E-state index is 12.6. The Bertz CT molecular complexity index is 886. The molecule has 6 heteroatoms. The molecule has 4 aliphatic rings. The van der Waals surface area contributed by atoms with Crippen molar-refractivity contribution in [2.24, 2.45) is 5.92 Å². The van der Waals surface area contributed by atoms with Gasteiger partial charge in [0.15, 0.2) is 0 Å². The monoisotopic (exact) mass is 498 g/mol. The summed E-state index contributed by atoms with van der Waals surface area (Å²) in [7, 11) is 0. The molecule has 198 valence electrons. The van der Waals surface area contributed by atoms with Crippen LogP contribution in [0.15, 0.2) is 60.3 Å². The molecule has 4 heterocycles. The van der Waals surface area contributed by atoms with Gasteiger partial charge < -0.3 is 24.1 Å². The molecule has 0 saturated carbocycles. The maximum absolute atomic E-state index is 12.6. The SMILES string of the molecule is C=C1C[C@H](C)C[C@@H]2CC=C[C@@H](C/C=C\C(=O)O[C@H](C/C=C/[C@@H]3CC(C)=CCO3)C[C@@H]3OC3[C@@H](O)C1)O2. The van der Waals surface area contributed by atoms with Crippen molar-refractivity contribution in [2.75, 3.05) is 6.61 Å². The van der Waals surface area contributed by atoms with E-state index in [0.717, 1.165) is 31.3 Å². The van der Waals surface area contributed by atoms with E-state index in [-0.39, 0.29) is 42.6 Å². The zero-order valence-electron chi connectivity index (χ0n) is 21.7. The van der Waals surface area contributed by atoms with E-state index in [1.54, 1.807) is 0 Å². The number of cyclic esters (lactones) is 1. The summed E-state index contributed by atoms with van der Waals surface area (Å²) in [5, 5.41) is 10.7. The third kappa shape index (κ3) is 8.55. The molecule has 36 heavy (non-hydrogen) atoms. The Kier molecular flexibility index (Phi) is 9.77. The molecule has 1 saturated heterocycles. The second-order valence-corrected chi connectivity index (χ2v) is 10.9. The van der Waals surface area contributed by atoms with Crippen LogP contribution < -0.4 is 0 Å². The largest absolute Gasteiger partial charge is 0.459 e. The summed E-state index contributed by atoms with van der Waals surface area (Å²) >= 11 is 0. The topological polar surface area (TPSA) is 77.5 Å². The molecule has 1 unspecified atom stereocenters. The van der Waals surface area contributed by atoms with Gasteiger partial charge in [-0.25, -0.2) is 4.79 Å². The molecule has 0 spiro atoms. The molecule has 8 atom stereocenters. The molecule has 0 aromatic heterocycles. The molecule has 0 aromatic carbocycles. The highest BCUT2D eigenvalue weighted by atomic mass is 16.6. The lowest BCUT2D eigenvalue weighted by Crippen LogP contribution is -2.26. The van der Waals surface area contributed by atoms with E-state index in [0.29, 0.717) is 38.2 Å². The van der Waals surface area contributed by atoms with Gasteiger partial charge in [-0.2, -0.15) is 0 Å². The molecule has 6 nitrogen and oxygen atoms in total. The average molecular weight is 499 g/mol. The summed E-state index contributed by atoms with van der Waals surface area (Å²) in [5.41, 5.74) is 2.37. The summed E-state index contributed by atoms with van der Waals surface area (Å²) in [6, 6.07) is 0. The fourth-order valence-electron chi connectivity index (χ4n) is 5.45. The average Bonchev–Trinajstić information content (AvgIpc) is 3.58. The number of epoxide rings is 1. The quantitative estimate of drug-likeness (QED) is 0.330. The van der Waals surface area contributed by atoms with Gasteiger partial charge in [-0.15, -0.1) is 0 Å². The summed E-state index contributed by atoms with van der Waals surface area (Å²) < 4.78 is 23.6.